The monoisotopic (exact) mass is 231 g/mol. The van der Waals surface area contributed by atoms with Crippen LogP contribution in [0.1, 0.15) is 0 Å². The average Bonchev–Trinajstić information content (AvgIpc) is 2.71. The molecule has 0 saturated carbocycles. The highest BCUT2D eigenvalue weighted by atomic mass is 19.1. The Bertz CT molecular complexity index is 671. The van der Waals surface area contributed by atoms with Crippen LogP contribution in [0, 0.1) is 11.6 Å². The lowest BCUT2D eigenvalue weighted by Gasteiger charge is -2.03. The maximum Gasteiger partial charge on any atom is 0.164 e. The lowest BCUT2D eigenvalue weighted by molar-refractivity contribution is 0.582. The maximum atomic E-state index is 13.1. The fourth-order valence-electron chi connectivity index (χ4n) is 1.72. The first-order chi connectivity index (χ1) is 8.24. The van der Waals surface area contributed by atoms with E-state index in [0.717, 1.165) is 6.07 Å². The number of benzene rings is 1. The molecule has 0 atom stereocenters. The molecule has 2 aromatic heterocycles. The van der Waals surface area contributed by atoms with E-state index in [1.807, 2.05) is 0 Å². The molecular weight excluding hydrogens is 224 g/mol. The molecule has 0 aliphatic heterocycles. The van der Waals surface area contributed by atoms with Gasteiger partial charge in [0, 0.05) is 12.3 Å². The van der Waals surface area contributed by atoms with E-state index in [9.17, 15) is 8.78 Å². The molecule has 0 aliphatic rings. The second-order valence-corrected chi connectivity index (χ2v) is 3.59. The predicted molar refractivity (Wildman–Crippen MR) is 58.8 cm³/mol. The molecule has 1 aromatic carbocycles. The highest BCUT2D eigenvalue weighted by Gasteiger charge is 2.07. The second-order valence-electron chi connectivity index (χ2n) is 3.59. The Morgan fingerprint density at radius 3 is 2.53 bits per heavy atom. The molecule has 3 nitrogen and oxygen atoms in total. The number of aromatic nitrogens is 3. The fraction of sp³-hybridized carbons (Fsp3) is 0. The van der Waals surface area contributed by atoms with E-state index in [-0.39, 0.29) is 0 Å². The van der Waals surface area contributed by atoms with Gasteiger partial charge < -0.3 is 0 Å². The van der Waals surface area contributed by atoms with Crippen LogP contribution in [0.4, 0.5) is 8.78 Å². The van der Waals surface area contributed by atoms with Gasteiger partial charge in [0.25, 0.3) is 0 Å². The van der Waals surface area contributed by atoms with E-state index in [4.69, 9.17) is 0 Å². The molecule has 0 N–H and O–H groups in total. The Kier molecular flexibility index (Phi) is 2.11. The minimum atomic E-state index is -0.627. The number of fused-ring (bicyclic) bond motifs is 1. The third-order valence-corrected chi connectivity index (χ3v) is 2.43. The largest absolute Gasteiger partial charge is 0.283 e. The number of hydrogen-bond acceptors (Lipinski definition) is 2. The van der Waals surface area contributed by atoms with Crippen molar-refractivity contribution in [3.05, 3.63) is 54.5 Å². The van der Waals surface area contributed by atoms with Gasteiger partial charge in [0.15, 0.2) is 5.65 Å². The van der Waals surface area contributed by atoms with Crippen LogP contribution >= 0.6 is 0 Å². The molecule has 0 amide bonds. The molecule has 0 spiro atoms. The molecule has 0 aliphatic carbocycles. The Hall–Kier alpha value is -2.30. The molecule has 3 aromatic rings. The molecule has 0 radical (unpaired) electrons. The van der Waals surface area contributed by atoms with Crippen molar-refractivity contribution in [2.24, 2.45) is 0 Å². The van der Waals surface area contributed by atoms with Gasteiger partial charge in [0.2, 0.25) is 0 Å². The zero-order valence-electron chi connectivity index (χ0n) is 8.64. The van der Waals surface area contributed by atoms with Crippen LogP contribution in [-0.2, 0) is 0 Å². The van der Waals surface area contributed by atoms with Crippen molar-refractivity contribution < 1.29 is 8.78 Å². The summed E-state index contributed by atoms with van der Waals surface area (Å²) in [6.45, 7) is 0. The summed E-state index contributed by atoms with van der Waals surface area (Å²) < 4.78 is 27.8. The van der Waals surface area contributed by atoms with Crippen LogP contribution in [0.25, 0.3) is 16.9 Å². The molecule has 0 bridgehead atoms. The van der Waals surface area contributed by atoms with Crippen LogP contribution in [0.2, 0.25) is 0 Å². The number of imidazole rings is 1. The number of rotatable bonds is 1. The molecule has 5 heteroatoms. The lowest BCUT2D eigenvalue weighted by atomic mass is 10.3. The van der Waals surface area contributed by atoms with E-state index in [2.05, 4.69) is 9.97 Å². The summed E-state index contributed by atoms with van der Waals surface area (Å²) in [5.74, 6) is -1.25. The van der Waals surface area contributed by atoms with Gasteiger partial charge in [0.1, 0.15) is 23.5 Å². The summed E-state index contributed by atoms with van der Waals surface area (Å²) in [4.78, 5) is 8.24. The van der Waals surface area contributed by atoms with E-state index < -0.39 is 11.6 Å². The first kappa shape index (κ1) is 9.89. The van der Waals surface area contributed by atoms with Gasteiger partial charge in [-0.15, -0.1) is 0 Å². The molecule has 3 rings (SSSR count). The van der Waals surface area contributed by atoms with E-state index >= 15 is 0 Å². The van der Waals surface area contributed by atoms with Crippen LogP contribution in [0.15, 0.2) is 42.9 Å². The summed E-state index contributed by atoms with van der Waals surface area (Å²) in [6, 6.07) is 6.84. The van der Waals surface area contributed by atoms with Crippen molar-refractivity contribution in [2.45, 2.75) is 0 Å². The Balaban J connectivity index is 2.27. The Labute approximate surface area is 95.4 Å². The first-order valence-corrected chi connectivity index (χ1v) is 4.98. The van der Waals surface area contributed by atoms with Gasteiger partial charge in [-0.05, 0) is 24.3 Å². The Morgan fingerprint density at radius 2 is 1.76 bits per heavy atom. The molecule has 0 fully saturated rings. The molecule has 2 heterocycles. The van der Waals surface area contributed by atoms with E-state index in [0.29, 0.717) is 16.9 Å². The predicted octanol–water partition coefficient (Wildman–Crippen LogP) is 2.70. The first-order valence-electron chi connectivity index (χ1n) is 4.98. The van der Waals surface area contributed by atoms with Crippen LogP contribution < -0.4 is 0 Å². The quantitative estimate of drug-likeness (QED) is 0.644. The summed E-state index contributed by atoms with van der Waals surface area (Å²) in [6.07, 6.45) is 3.10. The second kappa shape index (κ2) is 3.62. The van der Waals surface area contributed by atoms with Crippen LogP contribution in [0.3, 0.4) is 0 Å². The smallest absolute Gasteiger partial charge is 0.164 e. The van der Waals surface area contributed by atoms with Gasteiger partial charge in [-0.25, -0.2) is 18.7 Å². The summed E-state index contributed by atoms with van der Waals surface area (Å²) in [5.41, 5.74) is 1.61. The zero-order chi connectivity index (χ0) is 11.8. The van der Waals surface area contributed by atoms with Crippen molar-refractivity contribution in [1.29, 1.82) is 0 Å². The summed E-state index contributed by atoms with van der Waals surface area (Å²) >= 11 is 0. The van der Waals surface area contributed by atoms with Gasteiger partial charge >= 0.3 is 0 Å². The van der Waals surface area contributed by atoms with Gasteiger partial charge in [0.05, 0.1) is 5.69 Å². The summed E-state index contributed by atoms with van der Waals surface area (Å²) in [7, 11) is 0. The molecule has 17 heavy (non-hydrogen) atoms. The van der Waals surface area contributed by atoms with Gasteiger partial charge in [-0.1, -0.05) is 0 Å². The van der Waals surface area contributed by atoms with Crippen molar-refractivity contribution in [3.8, 4) is 5.69 Å². The fourth-order valence-corrected chi connectivity index (χ4v) is 1.72. The molecule has 0 unspecified atom stereocenters. The molecule has 84 valence electrons. The average molecular weight is 231 g/mol. The number of halogens is 2. The summed E-state index contributed by atoms with van der Waals surface area (Å²) in [5, 5.41) is 0. The minimum Gasteiger partial charge on any atom is -0.283 e. The SMILES string of the molecule is Fc1cc(F)cc(-n2cnc3cccnc32)c1. The lowest BCUT2D eigenvalue weighted by Crippen LogP contribution is -1.95. The van der Waals surface area contributed by atoms with Crippen molar-refractivity contribution >= 4 is 11.2 Å². The van der Waals surface area contributed by atoms with Gasteiger partial charge in [-0.3, -0.25) is 4.57 Å². The normalized spacial score (nSPS) is 10.9. The highest BCUT2D eigenvalue weighted by Crippen LogP contribution is 2.17. The third kappa shape index (κ3) is 1.65. The zero-order valence-corrected chi connectivity index (χ0v) is 8.64. The van der Waals surface area contributed by atoms with Crippen molar-refractivity contribution in [2.75, 3.05) is 0 Å². The van der Waals surface area contributed by atoms with Crippen molar-refractivity contribution in [3.63, 3.8) is 0 Å². The van der Waals surface area contributed by atoms with Crippen LogP contribution in [0.5, 0.6) is 0 Å². The standard InChI is InChI=1S/C12H7F2N3/c13-8-4-9(14)6-10(5-8)17-7-16-11-2-1-3-15-12(11)17/h1-7H. The third-order valence-electron chi connectivity index (χ3n) is 2.43. The Morgan fingerprint density at radius 1 is 1.00 bits per heavy atom. The number of hydrogen-bond donors (Lipinski definition) is 0. The maximum absolute atomic E-state index is 13.1. The number of pyridine rings is 1. The van der Waals surface area contributed by atoms with Crippen molar-refractivity contribution in [1.82, 2.24) is 14.5 Å². The molecule has 0 saturated heterocycles. The topological polar surface area (TPSA) is 30.7 Å². The molecular formula is C12H7F2N3. The van der Waals surface area contributed by atoms with E-state index in [1.165, 1.54) is 18.5 Å². The van der Waals surface area contributed by atoms with Gasteiger partial charge in [-0.2, -0.15) is 0 Å². The van der Waals surface area contributed by atoms with E-state index in [1.54, 1.807) is 22.9 Å². The highest BCUT2D eigenvalue weighted by molar-refractivity contribution is 5.72. The number of nitrogens with zero attached hydrogens (tertiary/aromatic N) is 3. The minimum absolute atomic E-state index is 0.365. The van der Waals surface area contributed by atoms with Crippen LogP contribution in [-0.4, -0.2) is 14.5 Å².